The number of carbonyl (C=O) groups excluding carboxylic acids is 1. The lowest BCUT2D eigenvalue weighted by Crippen LogP contribution is -2.43. The van der Waals surface area contributed by atoms with Crippen LogP contribution in [0, 0.1) is 12.7 Å². The molecule has 2 unspecified atom stereocenters. The first kappa shape index (κ1) is 24.3. The van der Waals surface area contributed by atoms with Crippen molar-refractivity contribution in [1.29, 1.82) is 0 Å². The number of hydrogen-bond donors (Lipinski definition) is 1. The molecule has 1 amide bonds. The van der Waals surface area contributed by atoms with Crippen LogP contribution in [0.4, 0.5) is 9.18 Å². The van der Waals surface area contributed by atoms with Gasteiger partial charge in [-0.1, -0.05) is 42.5 Å². The first-order valence-corrected chi connectivity index (χ1v) is 11.2. The molecule has 3 aromatic rings. The molecule has 1 N–H and O–H groups in total. The third kappa shape index (κ3) is 7.08. The molecule has 1 aromatic heterocycles. The van der Waals surface area contributed by atoms with Gasteiger partial charge in [0.2, 0.25) is 0 Å². The molecule has 4 rings (SSSR count). The van der Waals surface area contributed by atoms with Crippen molar-refractivity contribution in [3.8, 4) is 11.3 Å². The Kier molecular flexibility index (Phi) is 8.89. The molecule has 2 heterocycles. The van der Waals surface area contributed by atoms with Crippen molar-refractivity contribution in [1.82, 2.24) is 15.1 Å². The van der Waals surface area contributed by atoms with Crippen LogP contribution in [0.1, 0.15) is 43.5 Å². The number of aryl methyl sites for hydroxylation is 1. The molecule has 0 bridgehead atoms. The zero-order valence-electron chi connectivity index (χ0n) is 19.0. The summed E-state index contributed by atoms with van der Waals surface area (Å²) in [4.78, 5) is 14.1. The maximum absolute atomic E-state index is 12.3. The highest BCUT2D eigenvalue weighted by Gasteiger charge is 2.30. The Labute approximate surface area is 194 Å². The molecular weight excluding hydrogens is 421 g/mol. The van der Waals surface area contributed by atoms with Gasteiger partial charge in [-0.3, -0.25) is 0 Å². The number of rotatable bonds is 6. The molecule has 1 aliphatic heterocycles. The highest BCUT2D eigenvalue weighted by molar-refractivity contribution is 5.69. The number of aromatic nitrogens is 2. The summed E-state index contributed by atoms with van der Waals surface area (Å²) in [6.45, 7) is 4.72. The molecule has 2 atom stereocenters. The number of carbonyl (C=O) groups is 1. The van der Waals surface area contributed by atoms with Crippen LogP contribution in [0.3, 0.4) is 0 Å². The van der Waals surface area contributed by atoms with Crippen LogP contribution in [0.25, 0.3) is 11.3 Å². The predicted octanol–water partition coefficient (Wildman–Crippen LogP) is 5.32. The summed E-state index contributed by atoms with van der Waals surface area (Å²) in [5, 5.41) is 17.2. The molecule has 33 heavy (non-hydrogen) atoms. The molecule has 7 heteroatoms. The molecule has 1 aliphatic rings. The Morgan fingerprint density at radius 1 is 1.09 bits per heavy atom. The van der Waals surface area contributed by atoms with E-state index in [9.17, 15) is 9.18 Å². The van der Waals surface area contributed by atoms with Crippen molar-refractivity contribution in [2.24, 2.45) is 0 Å². The fourth-order valence-electron chi connectivity index (χ4n) is 3.60. The maximum atomic E-state index is 12.3. The topological polar surface area (TPSA) is 75.6 Å². The number of hydrogen-bond acceptors (Lipinski definition) is 5. The van der Waals surface area contributed by atoms with Gasteiger partial charge in [0.25, 0.3) is 0 Å². The number of ether oxygens (including phenoxy) is 1. The minimum absolute atomic E-state index is 0.0561. The molecule has 1 saturated heterocycles. The largest absolute Gasteiger partial charge is 0.446 e. The lowest BCUT2D eigenvalue weighted by Gasteiger charge is -2.35. The van der Waals surface area contributed by atoms with Crippen LogP contribution < -0.4 is 0 Å². The first-order valence-electron chi connectivity index (χ1n) is 11.2. The van der Waals surface area contributed by atoms with Gasteiger partial charge in [-0.25, -0.2) is 9.18 Å². The maximum Gasteiger partial charge on any atom is 0.410 e. The van der Waals surface area contributed by atoms with Crippen molar-refractivity contribution in [3.63, 3.8) is 0 Å². The Morgan fingerprint density at radius 3 is 2.36 bits per heavy atom. The van der Waals surface area contributed by atoms with Crippen LogP contribution >= 0.6 is 0 Å². The van der Waals surface area contributed by atoms with E-state index >= 15 is 0 Å². The van der Waals surface area contributed by atoms with Crippen LogP contribution in [0.15, 0.2) is 66.7 Å². The zero-order chi connectivity index (χ0) is 23.6. The van der Waals surface area contributed by atoms with Gasteiger partial charge in [-0.15, -0.1) is 0 Å². The fraction of sp³-hybridized carbons (Fsp3) is 0.346. The highest BCUT2D eigenvalue weighted by Crippen LogP contribution is 2.28. The third-order valence-corrected chi connectivity index (χ3v) is 5.57. The Balaban J connectivity index is 0.000000374. The van der Waals surface area contributed by atoms with Crippen LogP contribution in [-0.2, 0) is 4.74 Å². The minimum Gasteiger partial charge on any atom is -0.446 e. The van der Waals surface area contributed by atoms with E-state index in [0.717, 1.165) is 35.4 Å². The molecule has 2 aromatic carbocycles. The molecular formula is C26H30FN3O3. The highest BCUT2D eigenvalue weighted by atomic mass is 19.1. The monoisotopic (exact) mass is 451 g/mol. The molecule has 174 valence electrons. The quantitative estimate of drug-likeness (QED) is 0.549. The summed E-state index contributed by atoms with van der Waals surface area (Å²) in [5.74, 6) is -0.178. The summed E-state index contributed by atoms with van der Waals surface area (Å²) < 4.78 is 17.4. The van der Waals surface area contributed by atoms with E-state index in [1.165, 1.54) is 12.1 Å². The van der Waals surface area contributed by atoms with Gasteiger partial charge >= 0.3 is 6.09 Å². The number of amides is 1. The summed E-state index contributed by atoms with van der Waals surface area (Å²) in [6, 6.07) is 19.8. The van der Waals surface area contributed by atoms with E-state index in [2.05, 4.69) is 10.2 Å². The van der Waals surface area contributed by atoms with E-state index in [1.807, 2.05) is 50.2 Å². The Morgan fingerprint density at radius 2 is 1.82 bits per heavy atom. The van der Waals surface area contributed by atoms with Crippen LogP contribution in [0.5, 0.6) is 0 Å². The van der Waals surface area contributed by atoms with Gasteiger partial charge < -0.3 is 14.7 Å². The number of aliphatic hydroxyl groups excluding tert-OH is 1. The molecule has 0 saturated carbocycles. The summed E-state index contributed by atoms with van der Waals surface area (Å²) >= 11 is 0. The minimum atomic E-state index is -0.278. The Hall–Kier alpha value is -3.32. The normalized spacial score (nSPS) is 16.4. The van der Waals surface area contributed by atoms with Crippen molar-refractivity contribution in [2.45, 2.75) is 45.3 Å². The van der Waals surface area contributed by atoms with Crippen molar-refractivity contribution in [3.05, 3.63) is 83.8 Å². The standard InChI is InChI=1S/C20H25N3O3.C6H5F/c1-14-5-10-19(22-21-14)17-8-6-16(7-9-17)15(2)23-12-11-18(4-3-13-24)26-20(23)25;7-6-4-2-1-3-5-6/h5-10,15,18,24H,3-4,11-13H2,1-2H3;1-5H. The summed E-state index contributed by atoms with van der Waals surface area (Å²) in [5.41, 5.74) is 3.78. The number of benzene rings is 2. The van der Waals surface area contributed by atoms with E-state index in [4.69, 9.17) is 9.84 Å². The van der Waals surface area contributed by atoms with E-state index in [0.29, 0.717) is 13.0 Å². The molecule has 1 fully saturated rings. The number of aliphatic hydroxyl groups is 1. The van der Waals surface area contributed by atoms with Crippen LogP contribution in [-0.4, -0.2) is 45.6 Å². The SMILES string of the molecule is Cc1ccc(-c2ccc(C(C)N3CCC(CCCO)OC3=O)cc2)nn1.Fc1ccccc1. The van der Waals surface area contributed by atoms with Crippen molar-refractivity contribution in [2.75, 3.05) is 13.2 Å². The third-order valence-electron chi connectivity index (χ3n) is 5.57. The average Bonchev–Trinajstić information content (AvgIpc) is 2.84. The fourth-order valence-corrected chi connectivity index (χ4v) is 3.60. The van der Waals surface area contributed by atoms with Crippen molar-refractivity contribution < 1.29 is 19.0 Å². The second-order valence-corrected chi connectivity index (χ2v) is 8.01. The van der Waals surface area contributed by atoms with Gasteiger partial charge in [0, 0.05) is 25.1 Å². The van der Waals surface area contributed by atoms with Gasteiger partial charge in [-0.05, 0) is 56.5 Å². The second kappa shape index (κ2) is 12.1. The zero-order valence-corrected chi connectivity index (χ0v) is 19.0. The predicted molar refractivity (Wildman–Crippen MR) is 125 cm³/mol. The van der Waals surface area contributed by atoms with Gasteiger partial charge in [0.05, 0.1) is 17.4 Å². The molecule has 0 spiro atoms. The Bertz CT molecular complexity index is 998. The van der Waals surface area contributed by atoms with Gasteiger partial charge in [0.1, 0.15) is 11.9 Å². The van der Waals surface area contributed by atoms with E-state index < -0.39 is 0 Å². The molecule has 6 nitrogen and oxygen atoms in total. The molecule has 0 radical (unpaired) electrons. The number of halogens is 1. The lowest BCUT2D eigenvalue weighted by atomic mass is 10.0. The van der Waals surface area contributed by atoms with E-state index in [-0.39, 0.29) is 30.7 Å². The molecule has 0 aliphatic carbocycles. The lowest BCUT2D eigenvalue weighted by molar-refractivity contribution is 0.00760. The van der Waals surface area contributed by atoms with Crippen molar-refractivity contribution >= 4 is 6.09 Å². The van der Waals surface area contributed by atoms with Gasteiger partial charge in [-0.2, -0.15) is 10.2 Å². The van der Waals surface area contributed by atoms with E-state index in [1.54, 1.807) is 23.1 Å². The second-order valence-electron chi connectivity index (χ2n) is 8.01. The smallest absolute Gasteiger partial charge is 0.410 e. The number of cyclic esters (lactones) is 1. The number of nitrogens with zero attached hydrogens (tertiary/aromatic N) is 3. The van der Waals surface area contributed by atoms with Gasteiger partial charge in [0.15, 0.2) is 0 Å². The first-order chi connectivity index (χ1) is 16.0. The summed E-state index contributed by atoms with van der Waals surface area (Å²) in [7, 11) is 0. The average molecular weight is 452 g/mol. The summed E-state index contributed by atoms with van der Waals surface area (Å²) in [6.07, 6.45) is 1.82. The van der Waals surface area contributed by atoms with Crippen LogP contribution in [0.2, 0.25) is 0 Å².